The van der Waals surface area contributed by atoms with Gasteiger partial charge in [0.1, 0.15) is 5.75 Å². The van der Waals surface area contributed by atoms with E-state index in [9.17, 15) is 0 Å². The van der Waals surface area contributed by atoms with Crippen molar-refractivity contribution < 1.29 is 4.74 Å². The number of benzene rings is 2. The molecule has 0 aliphatic heterocycles. The third-order valence-corrected chi connectivity index (χ3v) is 2.75. The monoisotopic (exact) mass is 232 g/mol. The Morgan fingerprint density at radius 2 is 1.69 bits per heavy atom. The SMILES string of the molecule is COc1ccccc1Cc1ccc(Cl)cc1. The minimum atomic E-state index is 0.767. The highest BCUT2D eigenvalue weighted by Crippen LogP contribution is 2.21. The fourth-order valence-corrected chi connectivity index (χ4v) is 1.80. The highest BCUT2D eigenvalue weighted by atomic mass is 35.5. The van der Waals surface area contributed by atoms with Crippen LogP contribution in [-0.2, 0) is 6.42 Å². The maximum Gasteiger partial charge on any atom is 0.122 e. The molecule has 0 unspecified atom stereocenters. The van der Waals surface area contributed by atoms with Crippen LogP contribution in [0.15, 0.2) is 48.5 Å². The summed E-state index contributed by atoms with van der Waals surface area (Å²) in [5, 5.41) is 0.767. The van der Waals surface area contributed by atoms with Gasteiger partial charge in [0.15, 0.2) is 0 Å². The summed E-state index contributed by atoms with van der Waals surface area (Å²) >= 11 is 5.85. The Labute approximate surface area is 101 Å². The topological polar surface area (TPSA) is 9.23 Å². The van der Waals surface area contributed by atoms with Crippen molar-refractivity contribution in [3.8, 4) is 5.75 Å². The van der Waals surface area contributed by atoms with E-state index >= 15 is 0 Å². The first-order valence-corrected chi connectivity index (χ1v) is 5.54. The molecular weight excluding hydrogens is 220 g/mol. The molecule has 0 aliphatic rings. The molecule has 0 amide bonds. The first-order valence-electron chi connectivity index (χ1n) is 5.16. The van der Waals surface area contributed by atoms with Gasteiger partial charge in [-0.25, -0.2) is 0 Å². The molecule has 0 saturated carbocycles. The van der Waals surface area contributed by atoms with E-state index in [1.807, 2.05) is 42.5 Å². The Balaban J connectivity index is 2.23. The second-order valence-electron chi connectivity index (χ2n) is 3.62. The maximum atomic E-state index is 5.85. The molecule has 0 saturated heterocycles. The Hall–Kier alpha value is -1.47. The van der Waals surface area contributed by atoms with E-state index < -0.39 is 0 Å². The Morgan fingerprint density at radius 1 is 1.00 bits per heavy atom. The van der Waals surface area contributed by atoms with Crippen LogP contribution >= 0.6 is 11.6 Å². The number of para-hydroxylation sites is 1. The van der Waals surface area contributed by atoms with E-state index in [0.717, 1.165) is 17.2 Å². The van der Waals surface area contributed by atoms with Crippen molar-refractivity contribution in [3.05, 3.63) is 64.7 Å². The summed E-state index contributed by atoms with van der Waals surface area (Å²) in [7, 11) is 1.70. The second kappa shape index (κ2) is 5.04. The number of hydrogen-bond acceptors (Lipinski definition) is 1. The molecule has 0 aliphatic carbocycles. The molecular formula is C14H13ClO. The second-order valence-corrected chi connectivity index (χ2v) is 4.05. The van der Waals surface area contributed by atoms with Gasteiger partial charge in [0.2, 0.25) is 0 Å². The molecule has 2 rings (SSSR count). The molecule has 2 aromatic rings. The fourth-order valence-electron chi connectivity index (χ4n) is 1.67. The molecule has 0 radical (unpaired) electrons. The molecule has 0 aromatic heterocycles. The largest absolute Gasteiger partial charge is 0.496 e. The first-order chi connectivity index (χ1) is 7.79. The van der Waals surface area contributed by atoms with Crippen LogP contribution in [0.3, 0.4) is 0 Å². The summed E-state index contributed by atoms with van der Waals surface area (Å²) in [4.78, 5) is 0. The smallest absolute Gasteiger partial charge is 0.122 e. The minimum absolute atomic E-state index is 0.767. The normalized spacial score (nSPS) is 10.1. The van der Waals surface area contributed by atoms with Crippen molar-refractivity contribution >= 4 is 11.6 Å². The first kappa shape index (κ1) is 11.0. The lowest BCUT2D eigenvalue weighted by Crippen LogP contribution is -1.93. The molecule has 2 heteroatoms. The van der Waals surface area contributed by atoms with Gasteiger partial charge in [-0.1, -0.05) is 41.9 Å². The van der Waals surface area contributed by atoms with E-state index in [2.05, 4.69) is 6.07 Å². The molecule has 2 aromatic carbocycles. The summed E-state index contributed by atoms with van der Waals surface area (Å²) in [6, 6.07) is 15.9. The third kappa shape index (κ3) is 2.56. The molecule has 0 fully saturated rings. The summed E-state index contributed by atoms with van der Waals surface area (Å²) in [5.74, 6) is 0.928. The van der Waals surface area contributed by atoms with Crippen LogP contribution in [0.2, 0.25) is 5.02 Å². The lowest BCUT2D eigenvalue weighted by Gasteiger charge is -2.07. The Kier molecular flexibility index (Phi) is 3.47. The van der Waals surface area contributed by atoms with Gasteiger partial charge >= 0.3 is 0 Å². The molecule has 1 nitrogen and oxygen atoms in total. The number of ether oxygens (including phenoxy) is 1. The highest BCUT2D eigenvalue weighted by Gasteiger charge is 2.02. The standard InChI is InChI=1S/C14H13ClO/c1-16-14-5-3-2-4-12(14)10-11-6-8-13(15)9-7-11/h2-9H,10H2,1H3. The molecule has 0 atom stereocenters. The van der Waals surface area contributed by atoms with E-state index in [-0.39, 0.29) is 0 Å². The predicted molar refractivity (Wildman–Crippen MR) is 67.3 cm³/mol. The van der Waals surface area contributed by atoms with Crippen LogP contribution < -0.4 is 4.74 Å². The van der Waals surface area contributed by atoms with Gasteiger partial charge < -0.3 is 4.74 Å². The molecule has 82 valence electrons. The maximum absolute atomic E-state index is 5.85. The summed E-state index contributed by atoms with van der Waals surface area (Å²) in [6.45, 7) is 0. The van der Waals surface area contributed by atoms with Crippen molar-refractivity contribution in [2.45, 2.75) is 6.42 Å². The van der Waals surface area contributed by atoms with Crippen LogP contribution in [-0.4, -0.2) is 7.11 Å². The van der Waals surface area contributed by atoms with Crippen molar-refractivity contribution in [3.63, 3.8) is 0 Å². The molecule has 0 bridgehead atoms. The molecule has 0 N–H and O–H groups in total. The van der Waals surface area contributed by atoms with Crippen LogP contribution in [0.25, 0.3) is 0 Å². The lowest BCUT2D eigenvalue weighted by atomic mass is 10.0. The molecule has 0 heterocycles. The van der Waals surface area contributed by atoms with Crippen LogP contribution in [0.5, 0.6) is 5.75 Å². The van der Waals surface area contributed by atoms with Gasteiger partial charge in [-0.15, -0.1) is 0 Å². The predicted octanol–water partition coefficient (Wildman–Crippen LogP) is 3.94. The van der Waals surface area contributed by atoms with Gasteiger partial charge in [0.05, 0.1) is 7.11 Å². The van der Waals surface area contributed by atoms with Gasteiger partial charge in [0.25, 0.3) is 0 Å². The van der Waals surface area contributed by atoms with Crippen LogP contribution in [0.4, 0.5) is 0 Å². The van der Waals surface area contributed by atoms with Crippen molar-refractivity contribution in [1.29, 1.82) is 0 Å². The zero-order valence-electron chi connectivity index (χ0n) is 9.11. The van der Waals surface area contributed by atoms with Gasteiger partial charge in [-0.2, -0.15) is 0 Å². The molecule has 0 spiro atoms. The van der Waals surface area contributed by atoms with Crippen molar-refractivity contribution in [2.75, 3.05) is 7.11 Å². The summed E-state index contributed by atoms with van der Waals surface area (Å²) < 4.78 is 5.32. The van der Waals surface area contributed by atoms with Gasteiger partial charge in [-0.05, 0) is 29.3 Å². The van der Waals surface area contributed by atoms with Crippen LogP contribution in [0, 0.1) is 0 Å². The highest BCUT2D eigenvalue weighted by molar-refractivity contribution is 6.30. The van der Waals surface area contributed by atoms with E-state index in [4.69, 9.17) is 16.3 Å². The Morgan fingerprint density at radius 3 is 2.38 bits per heavy atom. The summed E-state index contributed by atoms with van der Waals surface area (Å²) in [6.07, 6.45) is 0.862. The Bertz CT molecular complexity index is 462. The average molecular weight is 233 g/mol. The number of methoxy groups -OCH3 is 1. The molecule has 16 heavy (non-hydrogen) atoms. The van der Waals surface area contributed by atoms with Crippen LogP contribution in [0.1, 0.15) is 11.1 Å². The van der Waals surface area contributed by atoms with Gasteiger partial charge in [-0.3, -0.25) is 0 Å². The van der Waals surface area contributed by atoms with E-state index in [1.54, 1.807) is 7.11 Å². The number of hydrogen-bond donors (Lipinski definition) is 0. The number of halogens is 1. The lowest BCUT2D eigenvalue weighted by molar-refractivity contribution is 0.410. The summed E-state index contributed by atoms with van der Waals surface area (Å²) in [5.41, 5.74) is 2.42. The quantitative estimate of drug-likeness (QED) is 0.779. The van der Waals surface area contributed by atoms with Crippen molar-refractivity contribution in [2.24, 2.45) is 0 Å². The van der Waals surface area contributed by atoms with E-state index in [1.165, 1.54) is 11.1 Å². The van der Waals surface area contributed by atoms with E-state index in [0.29, 0.717) is 0 Å². The number of rotatable bonds is 3. The minimum Gasteiger partial charge on any atom is -0.496 e. The average Bonchev–Trinajstić information content (AvgIpc) is 2.33. The van der Waals surface area contributed by atoms with Crippen molar-refractivity contribution in [1.82, 2.24) is 0 Å². The zero-order chi connectivity index (χ0) is 11.4. The zero-order valence-corrected chi connectivity index (χ0v) is 9.87. The van der Waals surface area contributed by atoms with Gasteiger partial charge in [0, 0.05) is 11.4 Å². The third-order valence-electron chi connectivity index (χ3n) is 2.50. The fraction of sp³-hybridized carbons (Fsp3) is 0.143.